The zero-order valence-corrected chi connectivity index (χ0v) is 10.5. The van der Waals surface area contributed by atoms with Gasteiger partial charge in [0.2, 0.25) is 0 Å². The summed E-state index contributed by atoms with van der Waals surface area (Å²) in [4.78, 5) is 15.2. The zero-order valence-electron chi connectivity index (χ0n) is 9.77. The SMILES string of the molecule is CC(=O)c1ccc(Nc2ncc(N)cc2Cl)cc1. The van der Waals surface area contributed by atoms with Crippen LogP contribution in [0.15, 0.2) is 36.5 Å². The van der Waals surface area contributed by atoms with E-state index in [9.17, 15) is 4.79 Å². The summed E-state index contributed by atoms with van der Waals surface area (Å²) >= 11 is 6.00. The summed E-state index contributed by atoms with van der Waals surface area (Å²) in [6.07, 6.45) is 1.53. The van der Waals surface area contributed by atoms with Gasteiger partial charge < -0.3 is 11.1 Å². The van der Waals surface area contributed by atoms with Gasteiger partial charge in [-0.3, -0.25) is 4.79 Å². The highest BCUT2D eigenvalue weighted by atomic mass is 35.5. The molecule has 0 spiro atoms. The molecular weight excluding hydrogens is 250 g/mol. The van der Waals surface area contributed by atoms with Crippen molar-refractivity contribution < 1.29 is 4.79 Å². The Morgan fingerprint density at radius 2 is 2.00 bits per heavy atom. The van der Waals surface area contributed by atoms with Crippen LogP contribution in [0.4, 0.5) is 17.2 Å². The average Bonchev–Trinajstić information content (AvgIpc) is 2.33. The van der Waals surface area contributed by atoms with Gasteiger partial charge in [0.25, 0.3) is 0 Å². The minimum absolute atomic E-state index is 0.0326. The predicted octanol–water partition coefficient (Wildman–Crippen LogP) is 3.26. The molecule has 0 aliphatic heterocycles. The first-order valence-corrected chi connectivity index (χ1v) is 5.73. The molecule has 0 saturated heterocycles. The lowest BCUT2D eigenvalue weighted by atomic mass is 10.1. The van der Waals surface area contributed by atoms with Crippen LogP contribution in [0.5, 0.6) is 0 Å². The fraction of sp³-hybridized carbons (Fsp3) is 0.0769. The maximum atomic E-state index is 11.1. The molecule has 0 saturated carbocycles. The fourth-order valence-electron chi connectivity index (χ4n) is 1.47. The van der Waals surface area contributed by atoms with E-state index in [-0.39, 0.29) is 5.78 Å². The maximum Gasteiger partial charge on any atom is 0.159 e. The molecule has 0 amide bonds. The molecule has 1 heterocycles. The molecular formula is C13H12ClN3O. The smallest absolute Gasteiger partial charge is 0.159 e. The van der Waals surface area contributed by atoms with Crippen molar-refractivity contribution in [2.45, 2.75) is 6.92 Å². The lowest BCUT2D eigenvalue weighted by Gasteiger charge is -2.08. The van der Waals surface area contributed by atoms with Gasteiger partial charge in [0.15, 0.2) is 5.78 Å². The second-order valence-electron chi connectivity index (χ2n) is 3.86. The third-order valence-corrected chi connectivity index (χ3v) is 2.70. The van der Waals surface area contributed by atoms with Crippen molar-refractivity contribution in [3.63, 3.8) is 0 Å². The number of carbonyl (C=O) groups excluding carboxylic acids is 1. The predicted molar refractivity (Wildman–Crippen MR) is 73.4 cm³/mol. The summed E-state index contributed by atoms with van der Waals surface area (Å²) in [6, 6.07) is 8.71. The van der Waals surface area contributed by atoms with E-state index in [0.29, 0.717) is 22.1 Å². The van der Waals surface area contributed by atoms with E-state index in [0.717, 1.165) is 5.69 Å². The molecule has 3 N–H and O–H groups in total. The standard InChI is InChI=1S/C13H12ClN3O/c1-8(18)9-2-4-11(5-3-9)17-13-12(14)6-10(15)7-16-13/h2-7H,15H2,1H3,(H,16,17). The second-order valence-corrected chi connectivity index (χ2v) is 4.26. The molecule has 18 heavy (non-hydrogen) atoms. The van der Waals surface area contributed by atoms with Crippen molar-refractivity contribution >= 4 is 34.6 Å². The lowest BCUT2D eigenvalue weighted by Crippen LogP contribution is -1.97. The van der Waals surface area contributed by atoms with Gasteiger partial charge in [0.05, 0.1) is 16.9 Å². The van der Waals surface area contributed by atoms with Gasteiger partial charge in [-0.2, -0.15) is 0 Å². The van der Waals surface area contributed by atoms with Gasteiger partial charge in [-0.05, 0) is 37.3 Å². The highest BCUT2D eigenvalue weighted by molar-refractivity contribution is 6.33. The number of nitrogens with one attached hydrogen (secondary N) is 1. The van der Waals surface area contributed by atoms with Gasteiger partial charge in [-0.25, -0.2) is 4.98 Å². The van der Waals surface area contributed by atoms with E-state index < -0.39 is 0 Å². The first-order valence-electron chi connectivity index (χ1n) is 5.35. The Kier molecular flexibility index (Phi) is 3.48. The van der Waals surface area contributed by atoms with Crippen LogP contribution in [0.25, 0.3) is 0 Å². The molecule has 0 bridgehead atoms. The van der Waals surface area contributed by atoms with Crippen LogP contribution < -0.4 is 11.1 Å². The van der Waals surface area contributed by atoms with Crippen LogP contribution in [0.2, 0.25) is 5.02 Å². The van der Waals surface area contributed by atoms with Crippen LogP contribution in [-0.2, 0) is 0 Å². The Bertz CT molecular complexity index is 581. The molecule has 2 rings (SSSR count). The van der Waals surface area contributed by atoms with Gasteiger partial charge in [0, 0.05) is 11.3 Å². The molecule has 0 aliphatic carbocycles. The zero-order chi connectivity index (χ0) is 13.1. The monoisotopic (exact) mass is 261 g/mol. The van der Waals surface area contributed by atoms with Crippen molar-refractivity contribution in [3.8, 4) is 0 Å². The van der Waals surface area contributed by atoms with Gasteiger partial charge in [-0.1, -0.05) is 11.6 Å². The average molecular weight is 262 g/mol. The molecule has 4 nitrogen and oxygen atoms in total. The topological polar surface area (TPSA) is 68.0 Å². The van der Waals surface area contributed by atoms with Crippen LogP contribution in [0, 0.1) is 0 Å². The van der Waals surface area contributed by atoms with Crippen LogP contribution in [-0.4, -0.2) is 10.8 Å². The number of nitrogens with zero attached hydrogens (tertiary/aromatic N) is 1. The normalized spacial score (nSPS) is 10.1. The van der Waals surface area contributed by atoms with E-state index in [1.807, 2.05) is 0 Å². The highest BCUT2D eigenvalue weighted by Crippen LogP contribution is 2.24. The molecule has 1 aromatic carbocycles. The second kappa shape index (κ2) is 5.06. The van der Waals surface area contributed by atoms with Crippen molar-refractivity contribution in [2.24, 2.45) is 0 Å². The third kappa shape index (κ3) is 2.78. The number of ketones is 1. The molecule has 0 unspecified atom stereocenters. The number of aromatic nitrogens is 1. The van der Waals surface area contributed by atoms with Crippen LogP contribution in [0.1, 0.15) is 17.3 Å². The number of hydrogen-bond acceptors (Lipinski definition) is 4. The quantitative estimate of drug-likeness (QED) is 0.832. The summed E-state index contributed by atoms with van der Waals surface area (Å²) in [6.45, 7) is 1.53. The van der Waals surface area contributed by atoms with E-state index >= 15 is 0 Å². The molecule has 1 aromatic heterocycles. The minimum atomic E-state index is 0.0326. The van der Waals surface area contributed by atoms with Gasteiger partial charge >= 0.3 is 0 Å². The van der Waals surface area contributed by atoms with E-state index in [2.05, 4.69) is 10.3 Å². The Balaban J connectivity index is 2.21. The van der Waals surface area contributed by atoms with Crippen molar-refractivity contribution in [3.05, 3.63) is 47.1 Å². The van der Waals surface area contributed by atoms with Crippen molar-refractivity contribution in [2.75, 3.05) is 11.1 Å². The number of halogens is 1. The van der Waals surface area contributed by atoms with E-state index in [4.69, 9.17) is 17.3 Å². The number of hydrogen-bond donors (Lipinski definition) is 2. The number of benzene rings is 1. The fourth-order valence-corrected chi connectivity index (χ4v) is 1.69. The molecule has 0 fully saturated rings. The van der Waals surface area contributed by atoms with Gasteiger partial charge in [0.1, 0.15) is 5.82 Å². The molecule has 0 aliphatic rings. The largest absolute Gasteiger partial charge is 0.397 e. The Morgan fingerprint density at radius 1 is 1.33 bits per heavy atom. The van der Waals surface area contributed by atoms with E-state index in [1.165, 1.54) is 13.1 Å². The minimum Gasteiger partial charge on any atom is -0.397 e. The summed E-state index contributed by atoms with van der Waals surface area (Å²) in [7, 11) is 0. The molecule has 92 valence electrons. The summed E-state index contributed by atoms with van der Waals surface area (Å²) in [5.74, 6) is 0.562. The van der Waals surface area contributed by atoms with Crippen molar-refractivity contribution in [1.82, 2.24) is 4.98 Å². The summed E-state index contributed by atoms with van der Waals surface area (Å²) in [5.41, 5.74) is 7.54. The number of anilines is 3. The molecule has 5 heteroatoms. The third-order valence-electron chi connectivity index (χ3n) is 2.42. The van der Waals surface area contributed by atoms with E-state index in [1.54, 1.807) is 30.3 Å². The molecule has 2 aromatic rings. The number of carbonyl (C=O) groups is 1. The Labute approximate surface area is 110 Å². The lowest BCUT2D eigenvalue weighted by molar-refractivity contribution is 0.101. The van der Waals surface area contributed by atoms with Crippen LogP contribution in [0.3, 0.4) is 0 Å². The van der Waals surface area contributed by atoms with Crippen LogP contribution >= 0.6 is 11.6 Å². The number of nitrogen functional groups attached to an aromatic ring is 1. The summed E-state index contributed by atoms with van der Waals surface area (Å²) < 4.78 is 0. The Hall–Kier alpha value is -2.07. The van der Waals surface area contributed by atoms with Gasteiger partial charge in [-0.15, -0.1) is 0 Å². The molecule has 0 radical (unpaired) electrons. The number of Topliss-reactive ketones (excluding diaryl/α,β-unsaturated/α-hetero) is 1. The number of rotatable bonds is 3. The number of pyridine rings is 1. The first kappa shape index (κ1) is 12.4. The Morgan fingerprint density at radius 3 is 2.56 bits per heavy atom. The highest BCUT2D eigenvalue weighted by Gasteiger charge is 2.04. The summed E-state index contributed by atoms with van der Waals surface area (Å²) in [5, 5.41) is 3.51. The molecule has 0 atom stereocenters. The number of nitrogens with two attached hydrogens (primary N) is 1. The maximum absolute atomic E-state index is 11.1. The van der Waals surface area contributed by atoms with Crippen molar-refractivity contribution in [1.29, 1.82) is 0 Å². The first-order chi connectivity index (χ1) is 8.56.